The predicted molar refractivity (Wildman–Crippen MR) is 160 cm³/mol. The molecule has 204 valence electrons. The summed E-state index contributed by atoms with van der Waals surface area (Å²) in [6.45, 7) is 15.5. The van der Waals surface area contributed by atoms with E-state index in [1.165, 1.54) is 24.2 Å². The molecule has 4 heterocycles. The Balaban J connectivity index is 0.00000164. The Labute approximate surface area is 228 Å². The standard InChI is InChI=1S/C27H34N6O2S.C2H6/c1-3-31(4-2)17-13-28-22-12-11-19-24(34)23(26(35)29-14-18-32-15-7-8-16-32)27-33(25(19)30-22)20-9-5-6-10-21(20)36-27;1-2/h5-6,9-12H,3-4,7-8,13-18H2,1-2H3,(H,28,30)(H,29,35);1-2H3. The highest BCUT2D eigenvalue weighted by molar-refractivity contribution is 7.24. The summed E-state index contributed by atoms with van der Waals surface area (Å²) < 4.78 is 2.99. The molecule has 1 fully saturated rings. The van der Waals surface area contributed by atoms with Gasteiger partial charge in [-0.05, 0) is 63.3 Å². The number of rotatable bonds is 10. The van der Waals surface area contributed by atoms with Crippen molar-refractivity contribution in [2.75, 3.05) is 57.7 Å². The number of anilines is 1. The highest BCUT2D eigenvalue weighted by Gasteiger charge is 2.23. The van der Waals surface area contributed by atoms with Crippen LogP contribution in [-0.2, 0) is 0 Å². The Morgan fingerprint density at radius 2 is 1.79 bits per heavy atom. The van der Waals surface area contributed by atoms with Gasteiger partial charge in [-0.15, -0.1) is 11.3 Å². The number of nitrogens with zero attached hydrogens (tertiary/aromatic N) is 4. The molecule has 0 saturated carbocycles. The number of aromatic nitrogens is 2. The number of thiazole rings is 1. The smallest absolute Gasteiger partial charge is 0.258 e. The van der Waals surface area contributed by atoms with E-state index in [-0.39, 0.29) is 16.9 Å². The lowest BCUT2D eigenvalue weighted by Gasteiger charge is -2.18. The first-order valence-corrected chi connectivity index (χ1v) is 14.8. The van der Waals surface area contributed by atoms with Gasteiger partial charge in [-0.2, -0.15) is 0 Å². The minimum absolute atomic E-state index is 0.203. The van der Waals surface area contributed by atoms with E-state index in [2.05, 4.69) is 34.3 Å². The van der Waals surface area contributed by atoms with Crippen LogP contribution in [-0.4, -0.2) is 77.4 Å². The summed E-state index contributed by atoms with van der Waals surface area (Å²) in [6.07, 6.45) is 2.42. The SMILES string of the molecule is CC.CCN(CC)CCNc1ccc2c(=O)c(C(=O)NCCN3CCCC3)c3sc4ccccc4n3c2n1. The summed E-state index contributed by atoms with van der Waals surface area (Å²) in [6, 6.07) is 11.6. The maximum Gasteiger partial charge on any atom is 0.258 e. The second-order valence-electron chi connectivity index (χ2n) is 9.24. The van der Waals surface area contributed by atoms with Crippen molar-refractivity contribution in [2.45, 2.75) is 40.5 Å². The highest BCUT2D eigenvalue weighted by Crippen LogP contribution is 2.31. The van der Waals surface area contributed by atoms with Gasteiger partial charge < -0.3 is 20.4 Å². The van der Waals surface area contributed by atoms with Gasteiger partial charge in [-0.1, -0.05) is 39.8 Å². The van der Waals surface area contributed by atoms with Crippen LogP contribution >= 0.6 is 11.3 Å². The number of fused-ring (bicyclic) bond motifs is 5. The lowest BCUT2D eigenvalue weighted by atomic mass is 10.1. The number of nitrogens with one attached hydrogen (secondary N) is 2. The average molecular weight is 537 g/mol. The van der Waals surface area contributed by atoms with Crippen LogP contribution in [0.15, 0.2) is 41.2 Å². The van der Waals surface area contributed by atoms with Crippen LogP contribution in [0.4, 0.5) is 5.82 Å². The summed E-state index contributed by atoms with van der Waals surface area (Å²) in [4.78, 5) is 37.1. The first kappa shape index (κ1) is 28.0. The highest BCUT2D eigenvalue weighted by atomic mass is 32.1. The van der Waals surface area contributed by atoms with E-state index in [0.29, 0.717) is 22.4 Å². The number of pyridine rings is 2. The van der Waals surface area contributed by atoms with Crippen LogP contribution in [0, 0.1) is 0 Å². The van der Waals surface area contributed by atoms with E-state index in [1.807, 2.05) is 48.6 Å². The molecule has 0 spiro atoms. The molecule has 0 aliphatic carbocycles. The maximum absolute atomic E-state index is 13.6. The van der Waals surface area contributed by atoms with Crippen molar-refractivity contribution in [3.8, 4) is 0 Å². The predicted octanol–water partition coefficient (Wildman–Crippen LogP) is 4.67. The molecular formula is C29H40N6O2S. The second kappa shape index (κ2) is 13.2. The molecule has 1 aliphatic rings. The lowest BCUT2D eigenvalue weighted by Crippen LogP contribution is -2.35. The van der Waals surface area contributed by atoms with Gasteiger partial charge in [0.1, 0.15) is 16.2 Å². The number of amides is 1. The Bertz CT molecular complexity index is 1440. The van der Waals surface area contributed by atoms with Gasteiger partial charge in [0, 0.05) is 26.2 Å². The molecule has 8 nitrogen and oxygen atoms in total. The zero-order chi connectivity index (χ0) is 27.1. The van der Waals surface area contributed by atoms with E-state index in [0.717, 1.165) is 61.8 Å². The summed E-state index contributed by atoms with van der Waals surface area (Å²) >= 11 is 1.46. The number of para-hydroxylation sites is 1. The third-order valence-corrected chi connectivity index (χ3v) is 8.20. The number of hydrogen-bond acceptors (Lipinski definition) is 7. The molecule has 1 saturated heterocycles. The minimum atomic E-state index is -0.313. The first-order chi connectivity index (χ1) is 18.6. The first-order valence-electron chi connectivity index (χ1n) is 13.9. The number of likely N-dealkylation sites (tertiary alicyclic amines) is 1. The third-order valence-electron chi connectivity index (χ3n) is 7.06. The average Bonchev–Trinajstić information content (AvgIpc) is 3.60. The molecule has 38 heavy (non-hydrogen) atoms. The fourth-order valence-electron chi connectivity index (χ4n) is 4.99. The van der Waals surface area contributed by atoms with Crippen LogP contribution in [0.3, 0.4) is 0 Å². The van der Waals surface area contributed by atoms with E-state index in [9.17, 15) is 9.59 Å². The Hall–Kier alpha value is -3.01. The van der Waals surface area contributed by atoms with Crippen molar-refractivity contribution < 1.29 is 4.79 Å². The molecule has 0 atom stereocenters. The normalized spacial score (nSPS) is 13.8. The molecule has 3 aromatic heterocycles. The van der Waals surface area contributed by atoms with Gasteiger partial charge in [-0.25, -0.2) is 4.98 Å². The number of likely N-dealkylation sites (N-methyl/N-ethyl adjacent to an activating group) is 1. The van der Waals surface area contributed by atoms with Gasteiger partial charge in [-0.3, -0.25) is 14.0 Å². The van der Waals surface area contributed by atoms with Crippen LogP contribution in [0.2, 0.25) is 0 Å². The maximum atomic E-state index is 13.6. The number of hydrogen-bond donors (Lipinski definition) is 2. The van der Waals surface area contributed by atoms with Crippen molar-refractivity contribution >= 4 is 49.1 Å². The van der Waals surface area contributed by atoms with Crippen molar-refractivity contribution in [1.29, 1.82) is 0 Å². The van der Waals surface area contributed by atoms with Crippen LogP contribution in [0.1, 0.15) is 50.9 Å². The molecule has 0 bridgehead atoms. The van der Waals surface area contributed by atoms with E-state index >= 15 is 0 Å². The number of carbonyl (C=O) groups is 1. The van der Waals surface area contributed by atoms with Gasteiger partial charge in [0.15, 0.2) is 5.65 Å². The quantitative estimate of drug-likeness (QED) is 0.307. The van der Waals surface area contributed by atoms with Gasteiger partial charge in [0.2, 0.25) is 5.43 Å². The van der Waals surface area contributed by atoms with E-state index < -0.39 is 0 Å². The minimum Gasteiger partial charge on any atom is -0.369 e. The van der Waals surface area contributed by atoms with Crippen LogP contribution < -0.4 is 16.1 Å². The van der Waals surface area contributed by atoms with Crippen LogP contribution in [0.25, 0.3) is 26.1 Å². The second-order valence-corrected chi connectivity index (χ2v) is 10.3. The molecule has 4 aromatic rings. The molecule has 0 unspecified atom stereocenters. The van der Waals surface area contributed by atoms with Crippen molar-refractivity contribution in [2.24, 2.45) is 0 Å². The van der Waals surface area contributed by atoms with Crippen molar-refractivity contribution in [1.82, 2.24) is 24.5 Å². The molecule has 1 amide bonds. The fourth-order valence-corrected chi connectivity index (χ4v) is 6.17. The summed E-state index contributed by atoms with van der Waals surface area (Å²) in [5.74, 6) is 0.410. The topological polar surface area (TPSA) is 82.0 Å². The molecule has 9 heteroatoms. The molecule has 5 rings (SSSR count). The van der Waals surface area contributed by atoms with Gasteiger partial charge in [0.05, 0.1) is 15.6 Å². The van der Waals surface area contributed by atoms with Crippen LogP contribution in [0.5, 0.6) is 0 Å². The molecular weight excluding hydrogens is 496 g/mol. The number of benzene rings is 1. The zero-order valence-electron chi connectivity index (χ0n) is 23.0. The number of carbonyl (C=O) groups excluding carboxylic acids is 1. The van der Waals surface area contributed by atoms with Gasteiger partial charge in [0.25, 0.3) is 5.91 Å². The van der Waals surface area contributed by atoms with Crippen molar-refractivity contribution in [3.63, 3.8) is 0 Å². The Morgan fingerprint density at radius 3 is 2.53 bits per heavy atom. The molecule has 0 radical (unpaired) electrons. The van der Waals surface area contributed by atoms with E-state index in [4.69, 9.17) is 4.98 Å². The fraction of sp³-hybridized carbons (Fsp3) is 0.483. The summed E-state index contributed by atoms with van der Waals surface area (Å²) in [7, 11) is 0. The summed E-state index contributed by atoms with van der Waals surface area (Å²) in [5, 5.41) is 6.86. The summed E-state index contributed by atoms with van der Waals surface area (Å²) in [5.41, 5.74) is 1.46. The Kier molecular flexibility index (Phi) is 9.71. The largest absolute Gasteiger partial charge is 0.369 e. The Morgan fingerprint density at radius 1 is 1.05 bits per heavy atom. The molecule has 2 N–H and O–H groups in total. The van der Waals surface area contributed by atoms with Crippen molar-refractivity contribution in [3.05, 3.63) is 52.2 Å². The molecule has 1 aliphatic heterocycles. The lowest BCUT2D eigenvalue weighted by molar-refractivity contribution is 0.0950. The third kappa shape index (κ3) is 5.85. The van der Waals surface area contributed by atoms with Gasteiger partial charge >= 0.3 is 0 Å². The molecule has 1 aromatic carbocycles. The van der Waals surface area contributed by atoms with E-state index in [1.54, 1.807) is 6.07 Å². The zero-order valence-corrected chi connectivity index (χ0v) is 23.9. The monoisotopic (exact) mass is 536 g/mol.